The first kappa shape index (κ1) is 13.2. The van der Waals surface area contributed by atoms with E-state index in [2.05, 4.69) is 36.2 Å². The van der Waals surface area contributed by atoms with E-state index in [9.17, 15) is 0 Å². The second-order valence-electron chi connectivity index (χ2n) is 4.67. The van der Waals surface area contributed by atoms with Crippen molar-refractivity contribution in [2.75, 3.05) is 13.6 Å². The van der Waals surface area contributed by atoms with Gasteiger partial charge in [-0.15, -0.1) is 0 Å². The number of nitrogens with zero attached hydrogens (tertiary/aromatic N) is 3. The molecule has 4 nitrogen and oxygen atoms in total. The van der Waals surface area contributed by atoms with Crippen LogP contribution >= 0.6 is 0 Å². The summed E-state index contributed by atoms with van der Waals surface area (Å²) in [6.07, 6.45) is 3.79. The highest BCUT2D eigenvalue weighted by atomic mass is 15.3. The van der Waals surface area contributed by atoms with Crippen LogP contribution in [0.25, 0.3) is 0 Å². The van der Waals surface area contributed by atoms with E-state index in [-0.39, 0.29) is 0 Å². The van der Waals surface area contributed by atoms with E-state index in [1.807, 2.05) is 11.7 Å². The van der Waals surface area contributed by atoms with Gasteiger partial charge in [-0.2, -0.15) is 5.10 Å². The lowest BCUT2D eigenvalue weighted by molar-refractivity contribution is 0.356. The molecule has 0 aliphatic heterocycles. The van der Waals surface area contributed by atoms with Gasteiger partial charge in [0, 0.05) is 13.0 Å². The van der Waals surface area contributed by atoms with Crippen LogP contribution in [-0.2, 0) is 13.0 Å². The Morgan fingerprint density at radius 1 is 1.44 bits per heavy atom. The monoisotopic (exact) mass is 224 g/mol. The Morgan fingerprint density at radius 3 is 2.75 bits per heavy atom. The maximum Gasteiger partial charge on any atom is 0.138 e. The van der Waals surface area contributed by atoms with Gasteiger partial charge < -0.3 is 5.32 Å². The van der Waals surface area contributed by atoms with Gasteiger partial charge >= 0.3 is 0 Å². The minimum Gasteiger partial charge on any atom is -0.319 e. The van der Waals surface area contributed by atoms with Gasteiger partial charge in [0.2, 0.25) is 0 Å². The van der Waals surface area contributed by atoms with Crippen molar-refractivity contribution in [1.82, 2.24) is 20.1 Å². The van der Waals surface area contributed by atoms with Crippen LogP contribution in [0.5, 0.6) is 0 Å². The van der Waals surface area contributed by atoms with Crippen molar-refractivity contribution in [3.63, 3.8) is 0 Å². The highest BCUT2D eigenvalue weighted by molar-refractivity contribution is 4.88. The molecule has 0 amide bonds. The molecule has 0 bridgehead atoms. The molecular weight excluding hydrogens is 200 g/mol. The van der Waals surface area contributed by atoms with Gasteiger partial charge in [-0.25, -0.2) is 4.98 Å². The summed E-state index contributed by atoms with van der Waals surface area (Å²) in [5.74, 6) is 2.42. The van der Waals surface area contributed by atoms with E-state index in [0.29, 0.717) is 11.8 Å². The lowest BCUT2D eigenvalue weighted by Gasteiger charge is -2.20. The van der Waals surface area contributed by atoms with E-state index in [0.717, 1.165) is 31.8 Å². The average Bonchev–Trinajstić information content (AvgIpc) is 2.65. The molecule has 1 rings (SSSR count). The largest absolute Gasteiger partial charge is 0.319 e. The van der Waals surface area contributed by atoms with Gasteiger partial charge in [0.15, 0.2) is 0 Å². The van der Waals surface area contributed by atoms with Crippen LogP contribution < -0.4 is 5.32 Å². The molecule has 1 aromatic rings. The van der Waals surface area contributed by atoms with Crippen molar-refractivity contribution >= 4 is 0 Å². The highest BCUT2D eigenvalue weighted by Crippen LogP contribution is 2.15. The summed E-state index contributed by atoms with van der Waals surface area (Å²) in [5.41, 5.74) is 0. The van der Waals surface area contributed by atoms with E-state index in [1.165, 1.54) is 0 Å². The second-order valence-corrected chi connectivity index (χ2v) is 4.67. The van der Waals surface area contributed by atoms with Crippen molar-refractivity contribution in [3.8, 4) is 0 Å². The Labute approximate surface area is 98.5 Å². The van der Waals surface area contributed by atoms with E-state index < -0.39 is 0 Å². The molecule has 4 heteroatoms. The van der Waals surface area contributed by atoms with Crippen LogP contribution in [0.15, 0.2) is 6.33 Å². The lowest BCUT2D eigenvalue weighted by Crippen LogP contribution is -2.26. The number of aromatic nitrogens is 3. The minimum absolute atomic E-state index is 0.629. The fourth-order valence-electron chi connectivity index (χ4n) is 1.89. The molecule has 0 aliphatic rings. The highest BCUT2D eigenvalue weighted by Gasteiger charge is 2.16. The van der Waals surface area contributed by atoms with Gasteiger partial charge in [-0.3, -0.25) is 4.68 Å². The Hall–Kier alpha value is -0.900. The first-order chi connectivity index (χ1) is 7.69. The van der Waals surface area contributed by atoms with E-state index in [1.54, 1.807) is 6.33 Å². The Bertz CT molecular complexity index is 293. The molecule has 0 aromatic carbocycles. The molecule has 92 valence electrons. The van der Waals surface area contributed by atoms with Crippen molar-refractivity contribution < 1.29 is 0 Å². The maximum atomic E-state index is 4.36. The summed E-state index contributed by atoms with van der Waals surface area (Å²) < 4.78 is 2.03. The molecule has 0 saturated heterocycles. The van der Waals surface area contributed by atoms with Crippen molar-refractivity contribution in [2.24, 2.45) is 11.8 Å². The van der Waals surface area contributed by atoms with Gasteiger partial charge in [0.1, 0.15) is 12.2 Å². The summed E-state index contributed by atoms with van der Waals surface area (Å²) in [6.45, 7) is 8.71. The van der Waals surface area contributed by atoms with Crippen LogP contribution in [0.3, 0.4) is 0 Å². The summed E-state index contributed by atoms with van der Waals surface area (Å²) in [7, 11) is 2.01. The molecular formula is C12H24N4. The Kier molecular flexibility index (Phi) is 5.46. The predicted octanol–water partition coefficient (Wildman–Crippen LogP) is 1.72. The molecule has 0 radical (unpaired) electrons. The topological polar surface area (TPSA) is 42.7 Å². The zero-order valence-corrected chi connectivity index (χ0v) is 10.9. The average molecular weight is 224 g/mol. The number of rotatable bonds is 7. The van der Waals surface area contributed by atoms with Gasteiger partial charge in [0.05, 0.1) is 0 Å². The standard InChI is InChI=1S/C12H24N4/c1-5-6-16-12(14-9-15-16)7-11(8-13-4)10(2)3/h9-11,13H,5-8H2,1-4H3. The fraction of sp³-hybridized carbons (Fsp3) is 0.833. The second kappa shape index (κ2) is 6.63. The zero-order valence-electron chi connectivity index (χ0n) is 10.9. The van der Waals surface area contributed by atoms with Crippen LogP contribution in [0.1, 0.15) is 33.0 Å². The fourth-order valence-corrected chi connectivity index (χ4v) is 1.89. The normalized spacial score (nSPS) is 13.3. The van der Waals surface area contributed by atoms with Crippen LogP contribution in [0, 0.1) is 11.8 Å². The smallest absolute Gasteiger partial charge is 0.138 e. The van der Waals surface area contributed by atoms with E-state index in [4.69, 9.17) is 0 Å². The molecule has 1 unspecified atom stereocenters. The van der Waals surface area contributed by atoms with Crippen LogP contribution in [-0.4, -0.2) is 28.4 Å². The van der Waals surface area contributed by atoms with Crippen LogP contribution in [0.4, 0.5) is 0 Å². The van der Waals surface area contributed by atoms with Gasteiger partial charge in [-0.1, -0.05) is 20.8 Å². The molecule has 0 fully saturated rings. The summed E-state index contributed by atoms with van der Waals surface area (Å²) in [5, 5.41) is 7.52. The quantitative estimate of drug-likeness (QED) is 0.767. The SMILES string of the molecule is CCCn1ncnc1CC(CNC)C(C)C. The third-order valence-electron chi connectivity index (χ3n) is 2.99. The maximum absolute atomic E-state index is 4.36. The summed E-state index contributed by atoms with van der Waals surface area (Å²) >= 11 is 0. The minimum atomic E-state index is 0.629. The van der Waals surface area contributed by atoms with Gasteiger partial charge in [-0.05, 0) is 31.8 Å². The predicted molar refractivity (Wildman–Crippen MR) is 66.3 cm³/mol. The molecule has 1 atom stereocenters. The number of hydrogen-bond acceptors (Lipinski definition) is 3. The van der Waals surface area contributed by atoms with Crippen LogP contribution in [0.2, 0.25) is 0 Å². The molecule has 0 aliphatic carbocycles. The van der Waals surface area contributed by atoms with Gasteiger partial charge in [0.25, 0.3) is 0 Å². The number of nitrogens with one attached hydrogen (secondary N) is 1. The zero-order chi connectivity index (χ0) is 12.0. The van der Waals surface area contributed by atoms with Crippen molar-refractivity contribution in [1.29, 1.82) is 0 Å². The number of hydrogen-bond donors (Lipinski definition) is 1. The van der Waals surface area contributed by atoms with E-state index >= 15 is 0 Å². The molecule has 16 heavy (non-hydrogen) atoms. The Balaban J connectivity index is 2.65. The molecule has 0 saturated carbocycles. The first-order valence-corrected chi connectivity index (χ1v) is 6.20. The number of aryl methyl sites for hydroxylation is 1. The molecule has 1 N–H and O–H groups in total. The molecule has 0 spiro atoms. The summed E-state index contributed by atoms with van der Waals surface area (Å²) in [6, 6.07) is 0. The lowest BCUT2D eigenvalue weighted by atomic mass is 9.92. The summed E-state index contributed by atoms with van der Waals surface area (Å²) in [4.78, 5) is 4.36. The third-order valence-corrected chi connectivity index (χ3v) is 2.99. The molecule has 1 heterocycles. The van der Waals surface area contributed by atoms with Crippen molar-refractivity contribution in [2.45, 2.75) is 40.2 Å². The first-order valence-electron chi connectivity index (χ1n) is 6.20. The Morgan fingerprint density at radius 2 is 2.19 bits per heavy atom. The molecule has 1 aromatic heterocycles. The third kappa shape index (κ3) is 3.59. The van der Waals surface area contributed by atoms with Crippen molar-refractivity contribution in [3.05, 3.63) is 12.2 Å².